The van der Waals surface area contributed by atoms with Crippen molar-refractivity contribution in [1.29, 1.82) is 0 Å². The van der Waals surface area contributed by atoms with Crippen LogP contribution in [0.2, 0.25) is 0 Å². The molecule has 0 spiro atoms. The van der Waals surface area contributed by atoms with Crippen molar-refractivity contribution in [2.24, 2.45) is 34.3 Å². The minimum Gasteiger partial charge on any atom is -0.363 e. The zero-order valence-electron chi connectivity index (χ0n) is 22.9. The highest BCUT2D eigenvalue weighted by Crippen LogP contribution is 2.65. The number of amides is 5. The van der Waals surface area contributed by atoms with Crippen LogP contribution in [0.5, 0.6) is 0 Å². The highest BCUT2D eigenvalue weighted by atomic mass is 16.2. The normalized spacial score (nSPS) is 26.3. The van der Waals surface area contributed by atoms with Crippen LogP contribution in [0.25, 0.3) is 0 Å². The quantitative estimate of drug-likeness (QED) is 0.367. The molecule has 1 heterocycles. The molecule has 2 aliphatic carbocycles. The average Bonchev–Trinajstić information content (AvgIpc) is 3.55. The van der Waals surface area contributed by atoms with Crippen LogP contribution < -0.4 is 21.7 Å². The van der Waals surface area contributed by atoms with Gasteiger partial charge in [-0.2, -0.15) is 0 Å². The number of primary amides is 1. The van der Waals surface area contributed by atoms with Gasteiger partial charge in [0.2, 0.25) is 17.6 Å². The Kier molecular flexibility index (Phi) is 7.24. The molecule has 10 nitrogen and oxygen atoms in total. The van der Waals surface area contributed by atoms with E-state index in [-0.39, 0.29) is 29.1 Å². The summed E-state index contributed by atoms with van der Waals surface area (Å²) < 4.78 is 0. The zero-order chi connectivity index (χ0) is 27.4. The first-order valence-corrected chi connectivity index (χ1v) is 12.9. The van der Waals surface area contributed by atoms with Gasteiger partial charge in [0.1, 0.15) is 12.1 Å². The summed E-state index contributed by atoms with van der Waals surface area (Å²) in [6.45, 7) is 15.7. The van der Waals surface area contributed by atoms with Gasteiger partial charge in [-0.15, -0.1) is 0 Å². The average molecular weight is 506 g/mol. The first-order chi connectivity index (χ1) is 16.3. The number of hydrogen-bond acceptors (Lipinski definition) is 5. The predicted octanol–water partition coefficient (Wildman–Crippen LogP) is 1.32. The van der Waals surface area contributed by atoms with E-state index < -0.39 is 52.7 Å². The van der Waals surface area contributed by atoms with Crippen molar-refractivity contribution in [3.8, 4) is 0 Å². The van der Waals surface area contributed by atoms with Gasteiger partial charge in [-0.25, -0.2) is 4.79 Å². The molecule has 10 heteroatoms. The number of carbonyl (C=O) groups is 5. The summed E-state index contributed by atoms with van der Waals surface area (Å²) in [5, 5.41) is 8.40. The van der Waals surface area contributed by atoms with E-state index in [9.17, 15) is 24.0 Å². The summed E-state index contributed by atoms with van der Waals surface area (Å²) >= 11 is 0. The van der Waals surface area contributed by atoms with Crippen molar-refractivity contribution in [2.75, 3.05) is 6.54 Å². The van der Waals surface area contributed by atoms with Gasteiger partial charge in [0.25, 0.3) is 5.91 Å². The van der Waals surface area contributed by atoms with Gasteiger partial charge in [-0.1, -0.05) is 47.5 Å². The van der Waals surface area contributed by atoms with E-state index in [1.165, 1.54) is 0 Å². The Morgan fingerprint density at radius 2 is 1.58 bits per heavy atom. The van der Waals surface area contributed by atoms with Gasteiger partial charge >= 0.3 is 6.03 Å². The monoisotopic (exact) mass is 505 g/mol. The van der Waals surface area contributed by atoms with Crippen LogP contribution in [-0.2, 0) is 19.2 Å². The molecule has 3 fully saturated rings. The Hall–Kier alpha value is -2.65. The van der Waals surface area contributed by atoms with Gasteiger partial charge in [-0.3, -0.25) is 19.2 Å². The van der Waals surface area contributed by atoms with Crippen LogP contribution >= 0.6 is 0 Å². The van der Waals surface area contributed by atoms with Crippen LogP contribution in [0.3, 0.4) is 0 Å². The second kappa shape index (κ2) is 9.34. The number of ketones is 1. The molecule has 3 aliphatic rings. The minimum atomic E-state index is -1.08. The van der Waals surface area contributed by atoms with Crippen LogP contribution in [0.15, 0.2) is 0 Å². The molecular formula is C26H43N5O5. The van der Waals surface area contributed by atoms with Crippen molar-refractivity contribution < 1.29 is 24.0 Å². The Labute approximate surface area is 213 Å². The summed E-state index contributed by atoms with van der Waals surface area (Å²) in [6.07, 6.45) is 2.25. The van der Waals surface area contributed by atoms with E-state index in [0.717, 1.165) is 12.8 Å². The largest absolute Gasteiger partial charge is 0.363 e. The third-order valence-corrected chi connectivity index (χ3v) is 7.78. The van der Waals surface area contributed by atoms with E-state index in [4.69, 9.17) is 5.73 Å². The van der Waals surface area contributed by atoms with Gasteiger partial charge in [0.15, 0.2) is 0 Å². The smallest absolute Gasteiger partial charge is 0.315 e. The predicted molar refractivity (Wildman–Crippen MR) is 134 cm³/mol. The molecule has 0 aromatic heterocycles. The maximum absolute atomic E-state index is 13.9. The summed E-state index contributed by atoms with van der Waals surface area (Å²) in [6, 6.07) is -3.12. The Morgan fingerprint density at radius 3 is 2.06 bits per heavy atom. The lowest BCUT2D eigenvalue weighted by atomic mass is 9.85. The third-order valence-electron chi connectivity index (χ3n) is 7.78. The molecule has 1 saturated heterocycles. The Morgan fingerprint density at radius 1 is 1.00 bits per heavy atom. The van der Waals surface area contributed by atoms with Crippen molar-refractivity contribution in [3.63, 3.8) is 0 Å². The molecule has 5 atom stereocenters. The molecular weight excluding hydrogens is 462 g/mol. The molecule has 0 radical (unpaired) electrons. The lowest BCUT2D eigenvalue weighted by molar-refractivity contribution is -0.145. The zero-order valence-corrected chi connectivity index (χ0v) is 22.9. The number of nitrogens with one attached hydrogen (secondary N) is 3. The first-order valence-electron chi connectivity index (χ1n) is 12.9. The second-order valence-electron chi connectivity index (χ2n) is 13.5. The first kappa shape index (κ1) is 27.9. The third kappa shape index (κ3) is 6.00. The molecule has 2 saturated carbocycles. The SMILES string of the molecule is CC(C)(C)NC(=O)NC(C(=O)N1CC2C(C1C(=O)NC(CC1CC1)C(=O)C(N)=O)C2(C)C)C(C)(C)C. The highest BCUT2D eigenvalue weighted by Gasteiger charge is 2.70. The minimum absolute atomic E-state index is 0.0734. The lowest BCUT2D eigenvalue weighted by Crippen LogP contribution is -2.62. The number of piperidine rings is 1. The van der Waals surface area contributed by atoms with E-state index in [2.05, 4.69) is 29.8 Å². The fraction of sp³-hybridized carbons (Fsp3) is 0.808. The van der Waals surface area contributed by atoms with Gasteiger partial charge in [-0.05, 0) is 55.8 Å². The fourth-order valence-corrected chi connectivity index (χ4v) is 5.48. The van der Waals surface area contributed by atoms with Crippen LogP contribution in [0.1, 0.15) is 74.7 Å². The van der Waals surface area contributed by atoms with Crippen LogP contribution in [-0.4, -0.2) is 64.6 Å². The molecule has 1 aliphatic heterocycles. The van der Waals surface area contributed by atoms with Gasteiger partial charge in [0, 0.05) is 12.1 Å². The topological polar surface area (TPSA) is 151 Å². The maximum Gasteiger partial charge on any atom is 0.315 e. The molecule has 5 N–H and O–H groups in total. The molecule has 5 unspecified atom stereocenters. The standard InChI is InChI=1S/C26H43N5O5/c1-24(2,3)19(29-23(36)30-25(4,5)6)22(35)31-12-14-16(26(14,7)8)17(31)21(34)28-15(11-13-9-10-13)18(32)20(27)33/h13-17,19H,9-12H2,1-8H3,(H2,27,33)(H,28,34)(H2,29,30,36). The maximum atomic E-state index is 13.9. The molecule has 0 aromatic carbocycles. The van der Waals surface area contributed by atoms with E-state index in [1.807, 2.05) is 41.5 Å². The summed E-state index contributed by atoms with van der Waals surface area (Å²) in [7, 11) is 0. The van der Waals surface area contributed by atoms with E-state index >= 15 is 0 Å². The van der Waals surface area contributed by atoms with E-state index in [1.54, 1.807) is 4.90 Å². The van der Waals surface area contributed by atoms with Crippen molar-refractivity contribution >= 4 is 29.5 Å². The van der Waals surface area contributed by atoms with Crippen LogP contribution in [0, 0.1) is 28.6 Å². The number of carbonyl (C=O) groups excluding carboxylic acids is 5. The summed E-state index contributed by atoms with van der Waals surface area (Å²) in [5.41, 5.74) is 4.01. The van der Waals surface area contributed by atoms with Gasteiger partial charge < -0.3 is 26.6 Å². The second-order valence-corrected chi connectivity index (χ2v) is 13.5. The number of hydrogen-bond donors (Lipinski definition) is 4. The van der Waals surface area contributed by atoms with Crippen molar-refractivity contribution in [1.82, 2.24) is 20.9 Å². The number of likely N-dealkylation sites (tertiary alicyclic amines) is 1. The number of nitrogens with zero attached hydrogens (tertiary/aromatic N) is 1. The highest BCUT2D eigenvalue weighted by molar-refractivity contribution is 6.37. The van der Waals surface area contributed by atoms with Crippen molar-refractivity contribution in [3.05, 3.63) is 0 Å². The number of fused-ring (bicyclic) bond motifs is 1. The lowest BCUT2D eigenvalue weighted by Gasteiger charge is -2.38. The number of urea groups is 1. The summed E-state index contributed by atoms with van der Waals surface area (Å²) in [4.78, 5) is 65.7. The molecule has 0 aromatic rings. The number of nitrogens with two attached hydrogens (primary N) is 1. The molecule has 36 heavy (non-hydrogen) atoms. The van der Waals surface area contributed by atoms with Gasteiger partial charge in [0.05, 0.1) is 6.04 Å². The number of rotatable bonds is 8. The Bertz CT molecular complexity index is 943. The molecule has 5 amide bonds. The van der Waals surface area contributed by atoms with Crippen LogP contribution in [0.4, 0.5) is 4.79 Å². The molecule has 3 rings (SSSR count). The fourth-order valence-electron chi connectivity index (χ4n) is 5.48. The number of Topliss-reactive ketones (excluding diaryl/α,β-unsaturated/α-hetero) is 1. The molecule has 0 bridgehead atoms. The summed E-state index contributed by atoms with van der Waals surface area (Å²) in [5.74, 6) is -2.34. The molecule has 202 valence electrons. The van der Waals surface area contributed by atoms with Crippen molar-refractivity contribution in [2.45, 2.75) is 98.3 Å². The Balaban J connectivity index is 1.83. The van der Waals surface area contributed by atoms with E-state index in [0.29, 0.717) is 13.0 Å².